The molecule has 13 heteroatoms. The molecular formula is C31H25BrCl2F3N3O3S. The number of ether oxygens (including phenoxy) is 1. The summed E-state index contributed by atoms with van der Waals surface area (Å²) in [6, 6.07) is 19.5. The second-order valence-electron chi connectivity index (χ2n) is 9.37. The number of carbonyl (C=O) groups is 2. The van der Waals surface area contributed by atoms with E-state index in [1.54, 1.807) is 18.2 Å². The van der Waals surface area contributed by atoms with Crippen LogP contribution in [0.1, 0.15) is 35.0 Å². The van der Waals surface area contributed by atoms with Crippen molar-refractivity contribution in [3.8, 4) is 22.4 Å². The van der Waals surface area contributed by atoms with E-state index in [0.717, 1.165) is 10.0 Å². The normalized spacial score (nSPS) is 11.2. The van der Waals surface area contributed by atoms with E-state index in [9.17, 15) is 22.8 Å². The van der Waals surface area contributed by atoms with Crippen molar-refractivity contribution in [3.63, 3.8) is 0 Å². The van der Waals surface area contributed by atoms with Crippen LogP contribution in [0.2, 0.25) is 10.0 Å². The molecule has 4 aromatic rings. The first kappa shape index (κ1) is 33.6. The third-order valence-corrected chi connectivity index (χ3v) is 7.97. The Morgan fingerprint density at radius 2 is 1.64 bits per heavy atom. The zero-order valence-electron chi connectivity index (χ0n) is 23.1. The molecule has 3 aromatic carbocycles. The number of pyridine rings is 1. The lowest BCUT2D eigenvalue weighted by molar-refractivity contribution is -0.0328. The number of alkyl carbamates (subject to hydrolysis) is 1. The maximum absolute atomic E-state index is 13.0. The molecule has 2 N–H and O–H groups in total. The Kier molecular flexibility index (Phi) is 11.6. The van der Waals surface area contributed by atoms with Gasteiger partial charge in [0.1, 0.15) is 0 Å². The Bertz CT molecular complexity index is 1640. The highest BCUT2D eigenvalue weighted by atomic mass is 79.9. The molecule has 0 fully saturated rings. The van der Waals surface area contributed by atoms with Crippen molar-refractivity contribution < 1.29 is 27.5 Å². The number of hydrogen-bond acceptors (Lipinski definition) is 5. The lowest BCUT2D eigenvalue weighted by atomic mass is 9.96. The van der Waals surface area contributed by atoms with E-state index in [1.165, 1.54) is 24.3 Å². The van der Waals surface area contributed by atoms with Gasteiger partial charge in [-0.05, 0) is 78.3 Å². The largest absolute Gasteiger partial charge is 0.450 e. The summed E-state index contributed by atoms with van der Waals surface area (Å²) < 4.78 is 44.1. The summed E-state index contributed by atoms with van der Waals surface area (Å²) in [5.41, 5.74) is -0.568. The molecular weight excluding hydrogens is 702 g/mol. The Balaban J connectivity index is 1.72. The topological polar surface area (TPSA) is 80.3 Å². The van der Waals surface area contributed by atoms with Gasteiger partial charge in [0.25, 0.3) is 5.91 Å². The number of alkyl halides is 3. The van der Waals surface area contributed by atoms with Gasteiger partial charge in [-0.3, -0.25) is 4.79 Å². The number of halogens is 6. The molecule has 0 saturated carbocycles. The molecule has 0 aliphatic rings. The molecule has 0 bridgehead atoms. The van der Waals surface area contributed by atoms with Crippen LogP contribution >= 0.6 is 50.9 Å². The van der Waals surface area contributed by atoms with E-state index < -0.39 is 17.5 Å². The van der Waals surface area contributed by atoms with Gasteiger partial charge >= 0.3 is 11.6 Å². The van der Waals surface area contributed by atoms with Gasteiger partial charge in [-0.15, -0.1) is 0 Å². The smallest absolute Gasteiger partial charge is 0.446 e. The minimum atomic E-state index is -4.43. The highest BCUT2D eigenvalue weighted by molar-refractivity contribution is 9.10. The SMILES string of the molecule is CCCOC(=O)NCc1nc(-c2ccc(Br)cc2)c(-c2ccc(Cl)cc2Cl)cc1CNC(=O)c1ccc(SC(F)(F)F)cc1. The lowest BCUT2D eigenvalue weighted by Crippen LogP contribution is -2.27. The van der Waals surface area contributed by atoms with Crippen LogP contribution in [0.15, 0.2) is 82.2 Å². The fraction of sp³-hybridized carbons (Fsp3) is 0.194. The van der Waals surface area contributed by atoms with E-state index in [4.69, 9.17) is 32.9 Å². The molecule has 0 radical (unpaired) electrons. The van der Waals surface area contributed by atoms with Crippen LogP contribution < -0.4 is 10.6 Å². The van der Waals surface area contributed by atoms with Gasteiger partial charge in [0.05, 0.1) is 24.5 Å². The minimum Gasteiger partial charge on any atom is -0.450 e. The third kappa shape index (κ3) is 9.37. The lowest BCUT2D eigenvalue weighted by Gasteiger charge is -2.18. The fourth-order valence-corrected chi connectivity index (χ4v) is 5.44. The number of carbonyl (C=O) groups excluding carboxylic acids is 2. The summed E-state index contributed by atoms with van der Waals surface area (Å²) in [6.45, 7) is 2.12. The zero-order valence-corrected chi connectivity index (χ0v) is 27.0. The first-order chi connectivity index (χ1) is 20.9. The van der Waals surface area contributed by atoms with Crippen molar-refractivity contribution in [2.75, 3.05) is 6.61 Å². The summed E-state index contributed by atoms with van der Waals surface area (Å²) in [7, 11) is 0. The predicted octanol–water partition coefficient (Wildman–Crippen LogP) is 9.66. The van der Waals surface area contributed by atoms with E-state index in [0.29, 0.717) is 44.5 Å². The summed E-state index contributed by atoms with van der Waals surface area (Å²) in [5.74, 6) is -0.502. The Labute approximate surface area is 274 Å². The van der Waals surface area contributed by atoms with Crippen LogP contribution in [0.5, 0.6) is 0 Å². The van der Waals surface area contributed by atoms with Crippen molar-refractivity contribution >= 4 is 62.9 Å². The van der Waals surface area contributed by atoms with Crippen LogP contribution in [-0.2, 0) is 17.8 Å². The zero-order chi connectivity index (χ0) is 31.9. The first-order valence-electron chi connectivity index (χ1n) is 13.2. The molecule has 230 valence electrons. The molecule has 1 heterocycles. The molecule has 0 aliphatic carbocycles. The van der Waals surface area contributed by atoms with E-state index >= 15 is 0 Å². The highest BCUT2D eigenvalue weighted by Crippen LogP contribution is 2.38. The second-order valence-corrected chi connectivity index (χ2v) is 12.3. The van der Waals surface area contributed by atoms with Crippen molar-refractivity contribution in [1.29, 1.82) is 0 Å². The molecule has 44 heavy (non-hydrogen) atoms. The Hall–Kier alpha value is -3.25. The van der Waals surface area contributed by atoms with Crippen LogP contribution in [0.25, 0.3) is 22.4 Å². The quantitative estimate of drug-likeness (QED) is 0.159. The highest BCUT2D eigenvalue weighted by Gasteiger charge is 2.29. The van der Waals surface area contributed by atoms with E-state index in [1.807, 2.05) is 37.3 Å². The number of thioether (sulfide) groups is 1. The summed E-state index contributed by atoms with van der Waals surface area (Å²) >= 11 is 16.0. The molecule has 2 amide bonds. The molecule has 0 spiro atoms. The predicted molar refractivity (Wildman–Crippen MR) is 171 cm³/mol. The van der Waals surface area contributed by atoms with Crippen LogP contribution in [0, 0.1) is 0 Å². The number of benzene rings is 3. The van der Waals surface area contributed by atoms with Gasteiger partial charge in [-0.2, -0.15) is 13.2 Å². The van der Waals surface area contributed by atoms with Gasteiger partial charge in [0, 0.05) is 48.2 Å². The molecule has 0 saturated heterocycles. The monoisotopic (exact) mass is 725 g/mol. The van der Waals surface area contributed by atoms with Crippen molar-refractivity contribution in [1.82, 2.24) is 15.6 Å². The number of amides is 2. The molecule has 0 aliphatic heterocycles. The molecule has 0 atom stereocenters. The first-order valence-corrected chi connectivity index (χ1v) is 15.6. The molecule has 1 aromatic heterocycles. The van der Waals surface area contributed by atoms with Gasteiger partial charge < -0.3 is 15.4 Å². The van der Waals surface area contributed by atoms with Gasteiger partial charge in [-0.1, -0.05) is 64.3 Å². The number of nitrogens with zero attached hydrogens (tertiary/aromatic N) is 1. The summed E-state index contributed by atoms with van der Waals surface area (Å²) in [4.78, 5) is 30.1. The maximum Gasteiger partial charge on any atom is 0.446 e. The standard InChI is InChI=1S/C31H25BrCl2F3N3O3S/c1-2-13-43-30(42)39-17-27-20(16-38-29(41)19-5-10-23(11-6-19)44-31(35,36)37)14-25(24-12-9-22(33)15-26(24)34)28(40-27)18-3-7-21(32)8-4-18/h3-12,14-15H,2,13,16-17H2,1H3,(H,38,41)(H,39,42). The Morgan fingerprint density at radius 3 is 2.27 bits per heavy atom. The van der Waals surface area contributed by atoms with Crippen molar-refractivity contribution in [3.05, 3.63) is 104 Å². The number of rotatable bonds is 10. The summed E-state index contributed by atoms with van der Waals surface area (Å²) in [5, 5.41) is 6.35. The van der Waals surface area contributed by atoms with Gasteiger partial charge in [0.15, 0.2) is 0 Å². The maximum atomic E-state index is 13.0. The molecule has 6 nitrogen and oxygen atoms in total. The van der Waals surface area contributed by atoms with Gasteiger partial charge in [-0.25, -0.2) is 9.78 Å². The van der Waals surface area contributed by atoms with Gasteiger partial charge in [0.2, 0.25) is 0 Å². The molecule has 0 unspecified atom stereocenters. The average Bonchev–Trinajstić information content (AvgIpc) is 2.98. The Morgan fingerprint density at radius 1 is 0.932 bits per heavy atom. The molecule has 4 rings (SSSR count). The van der Waals surface area contributed by atoms with Crippen LogP contribution in [-0.4, -0.2) is 29.1 Å². The fourth-order valence-electron chi connectivity index (χ4n) is 4.13. The number of hydrogen-bond donors (Lipinski definition) is 2. The van der Waals surface area contributed by atoms with Crippen molar-refractivity contribution in [2.24, 2.45) is 0 Å². The number of nitrogens with one attached hydrogen (secondary N) is 2. The summed E-state index contributed by atoms with van der Waals surface area (Å²) in [6.07, 6.45) is 0.0405. The van der Waals surface area contributed by atoms with Crippen LogP contribution in [0.3, 0.4) is 0 Å². The number of aromatic nitrogens is 1. The third-order valence-electron chi connectivity index (χ3n) is 6.16. The second kappa shape index (κ2) is 15.2. The van der Waals surface area contributed by atoms with Crippen molar-refractivity contribution in [2.45, 2.75) is 36.8 Å². The van der Waals surface area contributed by atoms with E-state index in [2.05, 4.69) is 26.6 Å². The van der Waals surface area contributed by atoms with E-state index in [-0.39, 0.29) is 41.9 Å². The average molecular weight is 727 g/mol. The minimum absolute atomic E-state index is 0.00469. The van der Waals surface area contributed by atoms with Crippen LogP contribution in [0.4, 0.5) is 18.0 Å².